The highest BCUT2D eigenvalue weighted by Gasteiger charge is 2.69. The van der Waals surface area contributed by atoms with E-state index < -0.39 is 42.3 Å². The lowest BCUT2D eigenvalue weighted by molar-refractivity contribution is -0.123. The van der Waals surface area contributed by atoms with E-state index in [0.717, 1.165) is 4.90 Å². The summed E-state index contributed by atoms with van der Waals surface area (Å²) in [6.45, 7) is 3.38. The number of hydrogen-bond acceptors (Lipinski definition) is 6. The highest BCUT2D eigenvalue weighted by atomic mass is 31.2. The minimum absolute atomic E-state index is 0.0394. The molecule has 0 radical (unpaired) electrons. The molecular formula is C22H22FN2O5P. The summed E-state index contributed by atoms with van der Waals surface area (Å²) in [5.41, 5.74) is 0.704. The molecule has 2 aliphatic heterocycles. The first-order valence-corrected chi connectivity index (χ1v) is 11.6. The van der Waals surface area contributed by atoms with E-state index in [9.17, 15) is 18.5 Å². The Labute approximate surface area is 179 Å². The van der Waals surface area contributed by atoms with Crippen LogP contribution in [0.1, 0.15) is 19.4 Å². The fourth-order valence-electron chi connectivity index (χ4n) is 4.29. The van der Waals surface area contributed by atoms with Crippen LogP contribution in [0.4, 0.5) is 10.1 Å². The molecule has 0 N–H and O–H groups in total. The van der Waals surface area contributed by atoms with Gasteiger partial charge in [0.1, 0.15) is 5.82 Å². The van der Waals surface area contributed by atoms with E-state index in [0.29, 0.717) is 11.3 Å². The van der Waals surface area contributed by atoms with Gasteiger partial charge >= 0.3 is 7.60 Å². The number of benzene rings is 2. The van der Waals surface area contributed by atoms with Crippen LogP contribution in [0.3, 0.4) is 0 Å². The molecule has 2 heterocycles. The molecule has 162 valence electrons. The molecule has 2 aromatic rings. The van der Waals surface area contributed by atoms with Gasteiger partial charge in [0, 0.05) is 6.21 Å². The van der Waals surface area contributed by atoms with Crippen molar-refractivity contribution in [3.8, 4) is 0 Å². The molecular weight excluding hydrogens is 422 g/mol. The molecule has 9 heteroatoms. The molecule has 0 spiro atoms. The minimum atomic E-state index is -4.11. The first kappa shape index (κ1) is 21.6. The van der Waals surface area contributed by atoms with Crippen LogP contribution in [0.25, 0.3) is 0 Å². The Hall–Kier alpha value is -2.67. The zero-order valence-electron chi connectivity index (χ0n) is 17.1. The summed E-state index contributed by atoms with van der Waals surface area (Å²) < 4.78 is 39.0. The number of nitrogens with zero attached hydrogens (tertiary/aromatic N) is 2. The fourth-order valence-corrected chi connectivity index (χ4v) is 6.73. The minimum Gasteiger partial charge on any atom is -0.307 e. The molecule has 0 aliphatic carbocycles. The van der Waals surface area contributed by atoms with E-state index in [1.54, 1.807) is 44.2 Å². The van der Waals surface area contributed by atoms with Crippen LogP contribution in [0.5, 0.6) is 0 Å². The fraction of sp³-hybridized carbons (Fsp3) is 0.318. The maximum Gasteiger partial charge on any atom is 0.363 e. The summed E-state index contributed by atoms with van der Waals surface area (Å²) in [4.78, 5) is 32.4. The topological polar surface area (TPSA) is 85.3 Å². The van der Waals surface area contributed by atoms with Crippen molar-refractivity contribution in [2.75, 3.05) is 18.1 Å². The third-order valence-corrected chi connectivity index (χ3v) is 8.20. The maximum absolute atomic E-state index is 14.1. The number of fused-ring (bicyclic) bond motifs is 1. The van der Waals surface area contributed by atoms with Crippen molar-refractivity contribution in [2.45, 2.75) is 19.1 Å². The van der Waals surface area contributed by atoms with E-state index in [2.05, 4.69) is 4.99 Å². The smallest absolute Gasteiger partial charge is 0.307 e. The van der Waals surface area contributed by atoms with Gasteiger partial charge in [-0.1, -0.05) is 30.3 Å². The number of halogens is 1. The van der Waals surface area contributed by atoms with E-state index in [4.69, 9.17) is 9.05 Å². The second kappa shape index (κ2) is 8.11. The number of para-hydroxylation sites is 1. The molecule has 7 nitrogen and oxygen atoms in total. The number of rotatable bonds is 7. The van der Waals surface area contributed by atoms with Crippen LogP contribution >= 0.6 is 7.60 Å². The van der Waals surface area contributed by atoms with Crippen molar-refractivity contribution < 1.29 is 27.6 Å². The molecule has 1 saturated heterocycles. The van der Waals surface area contributed by atoms with Gasteiger partial charge in [-0.05, 0) is 43.7 Å². The Morgan fingerprint density at radius 2 is 1.61 bits per heavy atom. The number of aliphatic imine (C=N–C) groups is 1. The summed E-state index contributed by atoms with van der Waals surface area (Å²) in [6.07, 6.45) is 1.35. The van der Waals surface area contributed by atoms with Gasteiger partial charge in [0.2, 0.25) is 11.8 Å². The Morgan fingerprint density at radius 3 is 2.19 bits per heavy atom. The number of anilines is 1. The van der Waals surface area contributed by atoms with Gasteiger partial charge < -0.3 is 9.05 Å². The van der Waals surface area contributed by atoms with Crippen LogP contribution in [-0.2, 0) is 28.5 Å². The second-order valence-corrected chi connectivity index (χ2v) is 9.39. The van der Waals surface area contributed by atoms with Crippen molar-refractivity contribution >= 4 is 31.3 Å². The van der Waals surface area contributed by atoms with E-state index in [-0.39, 0.29) is 13.2 Å². The lowest BCUT2D eigenvalue weighted by Crippen LogP contribution is -2.40. The molecule has 0 aromatic heterocycles. The maximum atomic E-state index is 14.1. The first-order valence-electron chi connectivity index (χ1n) is 10.0. The zero-order valence-corrected chi connectivity index (χ0v) is 18.0. The molecule has 2 amide bonds. The quantitative estimate of drug-likeness (QED) is 0.474. The van der Waals surface area contributed by atoms with Crippen LogP contribution in [0.2, 0.25) is 0 Å². The predicted octanol–water partition coefficient (Wildman–Crippen LogP) is 4.13. The van der Waals surface area contributed by atoms with E-state index >= 15 is 0 Å². The third-order valence-electron chi connectivity index (χ3n) is 5.52. The molecule has 2 aliphatic rings. The largest absolute Gasteiger partial charge is 0.363 e. The SMILES string of the molecule is CCOP(=O)(OCC)[C@]1(c2ccc(F)cc2)N=C[C@H]2C(=O)N(c3ccccc3)C(=O)[C@H]21. The number of carbonyl (C=O) groups is 2. The standard InChI is InChI=1S/C22H22FN2O5P/c1-3-29-31(28,30-4-2)22(15-10-12-16(23)13-11-15)19-18(14-24-22)20(26)25(21(19)27)17-8-6-5-7-9-17/h5-14,18-19H,3-4H2,1-2H3/t18-,19+,22+/m1/s1. The average molecular weight is 444 g/mol. The molecule has 2 aromatic carbocycles. The predicted molar refractivity (Wildman–Crippen MR) is 113 cm³/mol. The molecule has 4 rings (SSSR count). The van der Waals surface area contributed by atoms with Gasteiger partial charge in [-0.15, -0.1) is 0 Å². The Balaban J connectivity index is 1.92. The van der Waals surface area contributed by atoms with Crippen molar-refractivity contribution in [1.29, 1.82) is 0 Å². The highest BCUT2D eigenvalue weighted by Crippen LogP contribution is 2.72. The third kappa shape index (κ3) is 3.17. The van der Waals surface area contributed by atoms with Crippen LogP contribution in [-0.4, -0.2) is 31.2 Å². The Bertz CT molecular complexity index is 1070. The molecule has 3 atom stereocenters. The number of amides is 2. The number of hydrogen-bond donors (Lipinski definition) is 0. The lowest BCUT2D eigenvalue weighted by atomic mass is 9.87. The van der Waals surface area contributed by atoms with Crippen molar-refractivity contribution in [2.24, 2.45) is 16.8 Å². The van der Waals surface area contributed by atoms with E-state index in [1.807, 2.05) is 0 Å². The molecule has 0 bridgehead atoms. The summed E-state index contributed by atoms with van der Waals surface area (Å²) in [5, 5.41) is -1.80. The summed E-state index contributed by atoms with van der Waals surface area (Å²) >= 11 is 0. The average Bonchev–Trinajstić information content (AvgIpc) is 3.28. The van der Waals surface area contributed by atoms with Gasteiger partial charge in [0.25, 0.3) is 0 Å². The Morgan fingerprint density at radius 1 is 1.00 bits per heavy atom. The molecule has 1 fully saturated rings. The zero-order chi connectivity index (χ0) is 22.2. The van der Waals surface area contributed by atoms with Crippen LogP contribution in [0, 0.1) is 17.7 Å². The van der Waals surface area contributed by atoms with Gasteiger partial charge in [-0.3, -0.25) is 19.1 Å². The van der Waals surface area contributed by atoms with Crippen LogP contribution < -0.4 is 4.90 Å². The van der Waals surface area contributed by atoms with Crippen molar-refractivity contribution in [3.05, 3.63) is 66.0 Å². The summed E-state index contributed by atoms with van der Waals surface area (Å²) in [6, 6.07) is 13.7. The number of carbonyl (C=O) groups excluding carboxylic acids is 2. The normalized spacial score (nSPS) is 25.3. The molecule has 0 saturated carbocycles. The number of imide groups is 1. The second-order valence-electron chi connectivity index (χ2n) is 7.20. The van der Waals surface area contributed by atoms with Gasteiger partial charge in [-0.25, -0.2) is 9.29 Å². The van der Waals surface area contributed by atoms with Crippen molar-refractivity contribution in [3.63, 3.8) is 0 Å². The lowest BCUT2D eigenvalue weighted by Gasteiger charge is -2.37. The summed E-state index contributed by atoms with van der Waals surface area (Å²) in [5.74, 6) is -3.60. The highest BCUT2D eigenvalue weighted by molar-refractivity contribution is 7.55. The van der Waals surface area contributed by atoms with Gasteiger partial charge in [0.05, 0.1) is 30.7 Å². The van der Waals surface area contributed by atoms with Gasteiger partial charge in [0.15, 0.2) is 5.28 Å². The Kier molecular flexibility index (Phi) is 5.64. The monoisotopic (exact) mass is 444 g/mol. The summed E-state index contributed by atoms with van der Waals surface area (Å²) in [7, 11) is -4.11. The van der Waals surface area contributed by atoms with Gasteiger partial charge in [-0.2, -0.15) is 0 Å². The molecule has 0 unspecified atom stereocenters. The van der Waals surface area contributed by atoms with E-state index in [1.165, 1.54) is 30.5 Å². The molecule has 31 heavy (non-hydrogen) atoms. The van der Waals surface area contributed by atoms with Crippen LogP contribution in [0.15, 0.2) is 59.6 Å². The van der Waals surface area contributed by atoms with Crippen molar-refractivity contribution in [1.82, 2.24) is 0 Å². The first-order chi connectivity index (χ1) is 14.9.